The van der Waals surface area contributed by atoms with Crippen molar-refractivity contribution in [2.45, 2.75) is 52.8 Å². The van der Waals surface area contributed by atoms with E-state index >= 15 is 0 Å². The first kappa shape index (κ1) is 16.0. The van der Waals surface area contributed by atoms with E-state index in [1.165, 1.54) is 5.52 Å². The first-order valence-electron chi connectivity index (χ1n) is 7.94. The Morgan fingerprint density at radius 3 is 2.67 bits per heavy atom. The van der Waals surface area contributed by atoms with Crippen molar-refractivity contribution in [2.24, 2.45) is 0 Å². The summed E-state index contributed by atoms with van der Waals surface area (Å²) >= 11 is 0. The van der Waals surface area contributed by atoms with Gasteiger partial charge >= 0.3 is 0 Å². The molecule has 1 aromatic heterocycles. The molecule has 0 saturated heterocycles. The normalized spacial score (nSPS) is 13.2. The van der Waals surface area contributed by atoms with Gasteiger partial charge in [-0.1, -0.05) is 19.1 Å². The third-order valence-electron chi connectivity index (χ3n) is 3.60. The topological polar surface area (TPSA) is 39.1 Å². The van der Waals surface area contributed by atoms with Crippen molar-refractivity contribution in [3.8, 4) is 0 Å². The van der Waals surface area contributed by atoms with Crippen molar-refractivity contribution < 1.29 is 4.74 Å². The Bertz CT molecular complexity index is 562. The number of rotatable bonds is 8. The molecular weight excluding hydrogens is 262 g/mol. The number of para-hydroxylation sites is 2. The maximum atomic E-state index is 5.78. The lowest BCUT2D eigenvalue weighted by Gasteiger charge is -2.19. The van der Waals surface area contributed by atoms with E-state index in [1.54, 1.807) is 0 Å². The van der Waals surface area contributed by atoms with Gasteiger partial charge < -0.3 is 14.6 Å². The van der Waals surface area contributed by atoms with Crippen LogP contribution in [0.4, 0.5) is 0 Å². The van der Waals surface area contributed by atoms with Crippen LogP contribution in [0, 0.1) is 0 Å². The molecule has 0 aliphatic heterocycles. The Morgan fingerprint density at radius 1 is 1.24 bits per heavy atom. The average Bonchev–Trinajstić information content (AvgIpc) is 2.82. The van der Waals surface area contributed by atoms with E-state index in [2.05, 4.69) is 55.8 Å². The second-order valence-corrected chi connectivity index (χ2v) is 5.60. The minimum atomic E-state index is 0.260. The number of nitrogens with zero attached hydrogens (tertiary/aromatic N) is 2. The molecule has 21 heavy (non-hydrogen) atoms. The van der Waals surface area contributed by atoms with Crippen molar-refractivity contribution >= 4 is 11.0 Å². The summed E-state index contributed by atoms with van der Waals surface area (Å²) in [5.74, 6) is 1.14. The maximum absolute atomic E-state index is 5.78. The van der Waals surface area contributed by atoms with Gasteiger partial charge in [-0.25, -0.2) is 4.98 Å². The summed E-state index contributed by atoms with van der Waals surface area (Å²) in [7, 11) is 0. The van der Waals surface area contributed by atoms with Gasteiger partial charge in [-0.3, -0.25) is 0 Å². The molecule has 116 valence electrons. The Balaban J connectivity index is 2.19. The summed E-state index contributed by atoms with van der Waals surface area (Å²) in [6.07, 6.45) is 1.15. The van der Waals surface area contributed by atoms with Crippen LogP contribution in [0.1, 0.15) is 33.5 Å². The molecule has 1 unspecified atom stereocenters. The highest BCUT2D eigenvalue weighted by molar-refractivity contribution is 5.75. The van der Waals surface area contributed by atoms with Crippen LogP contribution in [0.2, 0.25) is 0 Å². The first-order chi connectivity index (χ1) is 10.2. The number of likely N-dealkylation sites (N-methyl/N-ethyl adjacent to an activating group) is 1. The molecule has 0 radical (unpaired) electrons. The van der Waals surface area contributed by atoms with Crippen LogP contribution in [-0.4, -0.2) is 34.8 Å². The fourth-order valence-electron chi connectivity index (χ4n) is 2.64. The summed E-state index contributed by atoms with van der Waals surface area (Å²) in [5, 5.41) is 3.50. The largest absolute Gasteiger partial charge is 0.377 e. The number of nitrogens with one attached hydrogen (secondary N) is 1. The van der Waals surface area contributed by atoms with Crippen LogP contribution in [-0.2, 0) is 17.7 Å². The summed E-state index contributed by atoms with van der Waals surface area (Å²) in [4.78, 5) is 4.80. The third-order valence-corrected chi connectivity index (χ3v) is 3.60. The maximum Gasteiger partial charge on any atom is 0.111 e. The molecule has 1 heterocycles. The minimum Gasteiger partial charge on any atom is -0.377 e. The van der Waals surface area contributed by atoms with E-state index in [9.17, 15) is 0 Å². The lowest BCUT2D eigenvalue weighted by atomic mass is 10.2. The standard InChI is InChI=1S/C17H27N3O/c1-5-18-14(12-21-13(3)4)11-17-19-15-9-7-8-10-16(15)20(17)6-2/h7-10,13-14,18H,5-6,11-12H2,1-4H3. The predicted octanol–water partition coefficient (Wildman–Crippen LogP) is 3.00. The molecule has 2 aromatic rings. The van der Waals surface area contributed by atoms with Gasteiger partial charge in [-0.2, -0.15) is 0 Å². The molecule has 4 nitrogen and oxygen atoms in total. The number of aryl methyl sites for hydroxylation is 1. The van der Waals surface area contributed by atoms with Crippen LogP contribution in [0.15, 0.2) is 24.3 Å². The second kappa shape index (κ2) is 7.57. The molecule has 0 fully saturated rings. The summed E-state index contributed by atoms with van der Waals surface area (Å²) < 4.78 is 8.08. The summed E-state index contributed by atoms with van der Waals surface area (Å²) in [5.41, 5.74) is 2.30. The molecule has 0 bridgehead atoms. The molecule has 0 saturated carbocycles. The zero-order valence-electron chi connectivity index (χ0n) is 13.6. The van der Waals surface area contributed by atoms with E-state index in [1.807, 2.05) is 6.07 Å². The summed E-state index contributed by atoms with van der Waals surface area (Å²) in [6, 6.07) is 8.64. The lowest BCUT2D eigenvalue weighted by molar-refractivity contribution is 0.0611. The minimum absolute atomic E-state index is 0.260. The van der Waals surface area contributed by atoms with Crippen LogP contribution >= 0.6 is 0 Å². The van der Waals surface area contributed by atoms with Crippen molar-refractivity contribution in [3.63, 3.8) is 0 Å². The van der Waals surface area contributed by atoms with Gasteiger partial charge in [0.15, 0.2) is 0 Å². The van der Waals surface area contributed by atoms with Crippen LogP contribution < -0.4 is 5.32 Å². The van der Waals surface area contributed by atoms with Gasteiger partial charge in [0, 0.05) is 19.0 Å². The number of aromatic nitrogens is 2. The Kier molecular flexibility index (Phi) is 5.76. The summed E-state index contributed by atoms with van der Waals surface area (Å²) in [6.45, 7) is 11.1. The molecule has 0 amide bonds. The number of hydrogen-bond acceptors (Lipinski definition) is 3. The first-order valence-corrected chi connectivity index (χ1v) is 7.94. The van der Waals surface area contributed by atoms with Gasteiger partial charge in [-0.15, -0.1) is 0 Å². The molecule has 0 spiro atoms. The van der Waals surface area contributed by atoms with E-state index < -0.39 is 0 Å². The van der Waals surface area contributed by atoms with Crippen molar-refractivity contribution in [2.75, 3.05) is 13.2 Å². The van der Waals surface area contributed by atoms with Crippen LogP contribution in [0.3, 0.4) is 0 Å². The highest BCUT2D eigenvalue weighted by Gasteiger charge is 2.15. The van der Waals surface area contributed by atoms with E-state index in [0.717, 1.165) is 37.5 Å². The molecule has 0 aliphatic rings. The van der Waals surface area contributed by atoms with Gasteiger partial charge in [-0.05, 0) is 39.4 Å². The van der Waals surface area contributed by atoms with Crippen molar-refractivity contribution in [3.05, 3.63) is 30.1 Å². The van der Waals surface area contributed by atoms with Gasteiger partial charge in [0.1, 0.15) is 5.82 Å². The fraction of sp³-hybridized carbons (Fsp3) is 0.588. The molecule has 0 aliphatic carbocycles. The zero-order valence-corrected chi connectivity index (χ0v) is 13.6. The van der Waals surface area contributed by atoms with Crippen molar-refractivity contribution in [1.82, 2.24) is 14.9 Å². The monoisotopic (exact) mass is 289 g/mol. The number of benzene rings is 1. The SMILES string of the molecule is CCNC(COC(C)C)Cc1nc2ccccc2n1CC. The molecular formula is C17H27N3O. The Morgan fingerprint density at radius 2 is 2.00 bits per heavy atom. The average molecular weight is 289 g/mol. The van der Waals surface area contributed by atoms with Crippen LogP contribution in [0.25, 0.3) is 11.0 Å². The molecule has 2 rings (SSSR count). The van der Waals surface area contributed by atoms with Crippen LogP contribution in [0.5, 0.6) is 0 Å². The molecule has 1 aromatic carbocycles. The lowest BCUT2D eigenvalue weighted by Crippen LogP contribution is -2.37. The van der Waals surface area contributed by atoms with Gasteiger partial charge in [0.2, 0.25) is 0 Å². The Hall–Kier alpha value is -1.39. The highest BCUT2D eigenvalue weighted by atomic mass is 16.5. The number of ether oxygens (including phenoxy) is 1. The zero-order chi connectivity index (χ0) is 15.2. The quantitative estimate of drug-likeness (QED) is 0.812. The molecule has 1 N–H and O–H groups in total. The fourth-order valence-corrected chi connectivity index (χ4v) is 2.64. The van der Waals surface area contributed by atoms with E-state index in [0.29, 0.717) is 6.04 Å². The number of fused-ring (bicyclic) bond motifs is 1. The van der Waals surface area contributed by atoms with Crippen molar-refractivity contribution in [1.29, 1.82) is 0 Å². The van der Waals surface area contributed by atoms with Gasteiger partial charge in [0.05, 0.1) is 23.7 Å². The van der Waals surface area contributed by atoms with Gasteiger partial charge in [0.25, 0.3) is 0 Å². The second-order valence-electron chi connectivity index (χ2n) is 5.60. The third kappa shape index (κ3) is 4.05. The smallest absolute Gasteiger partial charge is 0.111 e. The molecule has 1 atom stereocenters. The Labute approximate surface area is 127 Å². The highest BCUT2D eigenvalue weighted by Crippen LogP contribution is 2.17. The number of hydrogen-bond donors (Lipinski definition) is 1. The molecule has 4 heteroatoms. The number of imidazole rings is 1. The van der Waals surface area contributed by atoms with E-state index in [-0.39, 0.29) is 6.10 Å². The van der Waals surface area contributed by atoms with E-state index in [4.69, 9.17) is 9.72 Å². The predicted molar refractivity (Wildman–Crippen MR) is 87.7 cm³/mol.